The fraction of sp³-hybridized carbons (Fsp3) is 0.143. The van der Waals surface area contributed by atoms with Crippen LogP contribution in [0, 0.1) is 5.82 Å². The summed E-state index contributed by atoms with van der Waals surface area (Å²) >= 11 is 12.4. The molecule has 0 saturated carbocycles. The number of hydrogen-bond donors (Lipinski definition) is 2. The van der Waals surface area contributed by atoms with E-state index in [1.54, 1.807) is 30.3 Å². The molecule has 0 atom stereocenters. The van der Waals surface area contributed by atoms with Gasteiger partial charge in [-0.2, -0.15) is 0 Å². The van der Waals surface area contributed by atoms with Gasteiger partial charge in [-0.05, 0) is 48.0 Å². The zero-order valence-corrected chi connectivity index (χ0v) is 18.7. The van der Waals surface area contributed by atoms with Gasteiger partial charge < -0.3 is 14.8 Å². The Kier molecular flexibility index (Phi) is 7.27. The summed E-state index contributed by atoms with van der Waals surface area (Å²) in [6.45, 7) is 0.246. The molecule has 0 amide bonds. The number of nitrogens with one attached hydrogen (secondary N) is 1. The Balaban J connectivity index is 1.73. The van der Waals surface area contributed by atoms with E-state index < -0.39 is 15.8 Å². The smallest absolute Gasteiger partial charge is 0.238 e. The van der Waals surface area contributed by atoms with Crippen molar-refractivity contribution in [1.29, 1.82) is 0 Å². The van der Waals surface area contributed by atoms with Gasteiger partial charge in [-0.3, -0.25) is 0 Å². The van der Waals surface area contributed by atoms with Crippen molar-refractivity contribution in [3.8, 4) is 11.5 Å². The van der Waals surface area contributed by atoms with Crippen LogP contribution in [0.1, 0.15) is 11.1 Å². The predicted molar refractivity (Wildman–Crippen MR) is 119 cm³/mol. The van der Waals surface area contributed by atoms with Crippen LogP contribution in [0.4, 0.5) is 10.1 Å². The number of benzene rings is 3. The SMILES string of the molecule is COc1cc(CNc2ccc(S(N)(=O)=O)cc2)c(Cl)cc1OCc1c(F)cccc1Cl. The standard InChI is InChI=1S/C21H19Cl2FN2O4S/c1-29-20-9-13(11-26-14-5-7-15(8-6-14)31(25,27)28)18(23)10-21(20)30-12-16-17(22)3-2-4-19(16)24/h2-10,26H,11-12H2,1H3,(H2,25,27,28). The summed E-state index contributed by atoms with van der Waals surface area (Å²) in [6.07, 6.45) is 0. The van der Waals surface area contributed by atoms with Crippen LogP contribution in [0.5, 0.6) is 11.5 Å². The third-order valence-corrected chi connectivity index (χ3v) is 6.07. The normalized spacial score (nSPS) is 11.3. The predicted octanol–water partition coefficient (Wildman–Crippen LogP) is 4.98. The highest BCUT2D eigenvalue weighted by molar-refractivity contribution is 7.89. The molecule has 3 rings (SSSR count). The monoisotopic (exact) mass is 484 g/mol. The molecule has 0 saturated heterocycles. The van der Waals surface area contributed by atoms with Gasteiger partial charge in [0.25, 0.3) is 0 Å². The Morgan fingerprint density at radius 2 is 1.74 bits per heavy atom. The van der Waals surface area contributed by atoms with Gasteiger partial charge in [0.15, 0.2) is 11.5 Å². The van der Waals surface area contributed by atoms with Crippen molar-refractivity contribution in [2.24, 2.45) is 5.14 Å². The molecule has 0 radical (unpaired) electrons. The van der Waals surface area contributed by atoms with Crippen molar-refractivity contribution >= 4 is 38.9 Å². The summed E-state index contributed by atoms with van der Waals surface area (Å²) in [7, 11) is -2.27. The van der Waals surface area contributed by atoms with Crippen LogP contribution in [-0.2, 0) is 23.2 Å². The molecule has 6 nitrogen and oxygen atoms in total. The van der Waals surface area contributed by atoms with E-state index in [0.29, 0.717) is 34.3 Å². The lowest BCUT2D eigenvalue weighted by molar-refractivity contribution is 0.279. The molecule has 0 fully saturated rings. The van der Waals surface area contributed by atoms with Gasteiger partial charge >= 0.3 is 0 Å². The van der Waals surface area contributed by atoms with Crippen molar-refractivity contribution in [3.05, 3.63) is 81.6 Å². The number of sulfonamides is 1. The van der Waals surface area contributed by atoms with Crippen LogP contribution in [0.2, 0.25) is 10.0 Å². The van der Waals surface area contributed by atoms with Gasteiger partial charge in [-0.15, -0.1) is 0 Å². The van der Waals surface area contributed by atoms with Crippen LogP contribution in [0.15, 0.2) is 59.5 Å². The topological polar surface area (TPSA) is 90.6 Å². The zero-order chi connectivity index (χ0) is 22.6. The van der Waals surface area contributed by atoms with Crippen LogP contribution < -0.4 is 19.9 Å². The molecule has 164 valence electrons. The van der Waals surface area contributed by atoms with Gasteiger partial charge in [0.05, 0.1) is 17.0 Å². The third-order valence-electron chi connectivity index (χ3n) is 4.43. The number of ether oxygens (including phenoxy) is 2. The molecule has 0 aliphatic carbocycles. The number of nitrogens with two attached hydrogens (primary N) is 1. The second kappa shape index (κ2) is 9.74. The Morgan fingerprint density at radius 1 is 1.03 bits per heavy atom. The Labute approximate surface area is 189 Å². The van der Waals surface area contributed by atoms with E-state index in [1.807, 2.05) is 0 Å². The van der Waals surface area contributed by atoms with Gasteiger partial charge in [0.1, 0.15) is 12.4 Å². The van der Waals surface area contributed by atoms with E-state index >= 15 is 0 Å². The molecule has 0 aromatic heterocycles. The summed E-state index contributed by atoms with van der Waals surface area (Å²) in [4.78, 5) is 0.0224. The quantitative estimate of drug-likeness (QED) is 0.470. The fourth-order valence-corrected chi connectivity index (χ4v) is 3.72. The molecule has 3 N–H and O–H groups in total. The minimum atomic E-state index is -3.75. The zero-order valence-electron chi connectivity index (χ0n) is 16.4. The average Bonchev–Trinajstić information content (AvgIpc) is 2.72. The van der Waals surface area contributed by atoms with E-state index in [1.165, 1.54) is 31.4 Å². The molecule has 0 bridgehead atoms. The minimum Gasteiger partial charge on any atom is -0.493 e. The number of methoxy groups -OCH3 is 1. The first-order valence-electron chi connectivity index (χ1n) is 8.98. The van der Waals surface area contributed by atoms with Crippen molar-refractivity contribution in [3.63, 3.8) is 0 Å². The number of rotatable bonds is 8. The van der Waals surface area contributed by atoms with Crippen molar-refractivity contribution in [2.45, 2.75) is 18.0 Å². The van der Waals surface area contributed by atoms with Crippen LogP contribution >= 0.6 is 23.2 Å². The highest BCUT2D eigenvalue weighted by Gasteiger charge is 2.14. The largest absolute Gasteiger partial charge is 0.493 e. The Morgan fingerprint density at radius 3 is 2.35 bits per heavy atom. The van der Waals surface area contributed by atoms with Gasteiger partial charge in [0, 0.05) is 28.9 Å². The lowest BCUT2D eigenvalue weighted by Crippen LogP contribution is -2.12. The maximum Gasteiger partial charge on any atom is 0.238 e. The Bertz CT molecular complexity index is 1170. The van der Waals surface area contributed by atoms with E-state index in [0.717, 1.165) is 0 Å². The maximum absolute atomic E-state index is 14.0. The van der Waals surface area contributed by atoms with Crippen LogP contribution in [0.3, 0.4) is 0 Å². The highest BCUT2D eigenvalue weighted by atomic mass is 35.5. The molecule has 0 aliphatic rings. The number of anilines is 1. The maximum atomic E-state index is 14.0. The number of hydrogen-bond acceptors (Lipinski definition) is 5. The first-order valence-corrected chi connectivity index (χ1v) is 11.3. The second-order valence-electron chi connectivity index (χ2n) is 6.51. The molecular weight excluding hydrogens is 466 g/mol. The Hall–Kier alpha value is -2.52. The van der Waals surface area contributed by atoms with Crippen molar-refractivity contribution in [2.75, 3.05) is 12.4 Å². The summed E-state index contributed by atoms with van der Waals surface area (Å²) in [6, 6.07) is 13.7. The van der Waals surface area contributed by atoms with Crippen molar-refractivity contribution in [1.82, 2.24) is 0 Å². The molecule has 0 spiro atoms. The van der Waals surface area contributed by atoms with Crippen LogP contribution in [-0.4, -0.2) is 15.5 Å². The minimum absolute atomic E-state index is 0.0224. The molecule has 0 unspecified atom stereocenters. The van der Waals surface area contributed by atoms with Gasteiger partial charge in [0.2, 0.25) is 10.0 Å². The molecule has 0 heterocycles. The van der Waals surface area contributed by atoms with Gasteiger partial charge in [-0.25, -0.2) is 17.9 Å². The second-order valence-corrected chi connectivity index (χ2v) is 8.88. The van der Waals surface area contributed by atoms with E-state index in [-0.39, 0.29) is 22.1 Å². The van der Waals surface area contributed by atoms with E-state index in [9.17, 15) is 12.8 Å². The number of halogens is 3. The number of primary sulfonamides is 1. The van der Waals surface area contributed by atoms with Gasteiger partial charge in [-0.1, -0.05) is 29.3 Å². The molecule has 31 heavy (non-hydrogen) atoms. The van der Waals surface area contributed by atoms with E-state index in [4.69, 9.17) is 37.8 Å². The summed E-state index contributed by atoms with van der Waals surface area (Å²) < 4.78 is 47.7. The molecular formula is C21H19Cl2FN2O4S. The van der Waals surface area contributed by atoms with Crippen molar-refractivity contribution < 1.29 is 22.3 Å². The lowest BCUT2D eigenvalue weighted by Gasteiger charge is -2.15. The molecule has 3 aromatic rings. The lowest BCUT2D eigenvalue weighted by atomic mass is 10.2. The fourth-order valence-electron chi connectivity index (χ4n) is 2.76. The molecule has 10 heteroatoms. The first-order chi connectivity index (χ1) is 14.7. The third kappa shape index (κ3) is 5.80. The van der Waals surface area contributed by atoms with E-state index in [2.05, 4.69) is 5.32 Å². The summed E-state index contributed by atoms with van der Waals surface area (Å²) in [5, 5.41) is 8.91. The molecule has 0 aliphatic heterocycles. The highest BCUT2D eigenvalue weighted by Crippen LogP contribution is 2.35. The van der Waals surface area contributed by atoms with Crippen LogP contribution in [0.25, 0.3) is 0 Å². The first kappa shape index (κ1) is 23.1. The molecule has 3 aromatic carbocycles. The summed E-state index contributed by atoms with van der Waals surface area (Å²) in [5.41, 5.74) is 1.62. The summed E-state index contributed by atoms with van der Waals surface area (Å²) in [5.74, 6) is 0.290. The average molecular weight is 485 g/mol.